The number of thiophene rings is 1. The Morgan fingerprint density at radius 3 is 3.08 bits per heavy atom. The van der Waals surface area contributed by atoms with E-state index in [1.165, 1.54) is 10.4 Å². The summed E-state index contributed by atoms with van der Waals surface area (Å²) in [6, 6.07) is 2.15. The summed E-state index contributed by atoms with van der Waals surface area (Å²) in [6.07, 6.45) is 4.91. The van der Waals surface area contributed by atoms with Crippen LogP contribution in [0.25, 0.3) is 10.2 Å². The van der Waals surface area contributed by atoms with E-state index in [4.69, 9.17) is 15.0 Å². The molecule has 1 unspecified atom stereocenters. The fourth-order valence-corrected chi connectivity index (χ4v) is 4.79. The normalized spacial score (nSPS) is 17.0. The van der Waals surface area contributed by atoms with Gasteiger partial charge in [-0.3, -0.25) is 9.36 Å². The van der Waals surface area contributed by atoms with E-state index >= 15 is 0 Å². The van der Waals surface area contributed by atoms with Gasteiger partial charge in [0.25, 0.3) is 5.56 Å². The summed E-state index contributed by atoms with van der Waals surface area (Å²) in [6.45, 7) is 3.36. The zero-order valence-corrected chi connectivity index (χ0v) is 15.1. The summed E-state index contributed by atoms with van der Waals surface area (Å²) in [7, 11) is 1.65. The number of hydrogen-bond donors (Lipinski definition) is 0. The number of nitrogens with zero attached hydrogens (tertiary/aromatic N) is 3. The van der Waals surface area contributed by atoms with E-state index in [2.05, 4.69) is 13.0 Å². The highest BCUT2D eigenvalue weighted by Crippen LogP contribution is 2.35. The van der Waals surface area contributed by atoms with Gasteiger partial charge in [-0.2, -0.15) is 5.26 Å². The Balaban J connectivity index is 2.09. The Morgan fingerprint density at radius 2 is 2.33 bits per heavy atom. The van der Waals surface area contributed by atoms with Crippen molar-refractivity contribution >= 4 is 21.6 Å². The third-order valence-corrected chi connectivity index (χ3v) is 5.84. The molecule has 128 valence electrons. The molecule has 0 aliphatic heterocycles. The Labute approximate surface area is 145 Å². The summed E-state index contributed by atoms with van der Waals surface area (Å²) in [5.74, 6) is 1.45. The fourth-order valence-electron chi connectivity index (χ4n) is 3.40. The van der Waals surface area contributed by atoms with E-state index < -0.39 is 0 Å². The highest BCUT2D eigenvalue weighted by Gasteiger charge is 2.24. The number of rotatable bonds is 6. The number of ether oxygens (including phenoxy) is 1. The lowest BCUT2D eigenvalue weighted by Gasteiger charge is -2.17. The molecule has 2 heterocycles. The number of aromatic nitrogens is 2. The summed E-state index contributed by atoms with van der Waals surface area (Å²) in [5.41, 5.74) is 1.29. The van der Waals surface area contributed by atoms with Crippen LogP contribution in [0.2, 0.25) is 0 Å². The Bertz CT molecular complexity index is 831. The second-order valence-corrected chi connectivity index (χ2v) is 7.60. The summed E-state index contributed by atoms with van der Waals surface area (Å²) >= 11 is 1.68. The van der Waals surface area contributed by atoms with Gasteiger partial charge in [-0.25, -0.2) is 4.98 Å². The van der Waals surface area contributed by atoms with Crippen LogP contribution in [-0.4, -0.2) is 23.3 Å². The van der Waals surface area contributed by atoms with Crippen molar-refractivity contribution in [2.75, 3.05) is 13.7 Å². The Kier molecular flexibility index (Phi) is 5.32. The van der Waals surface area contributed by atoms with E-state index in [9.17, 15) is 4.79 Å². The molecule has 5 nitrogen and oxygen atoms in total. The lowest BCUT2D eigenvalue weighted by atomic mass is 9.89. The highest BCUT2D eigenvalue weighted by molar-refractivity contribution is 7.18. The first-order valence-corrected chi connectivity index (χ1v) is 9.37. The van der Waals surface area contributed by atoms with Crippen molar-refractivity contribution in [3.8, 4) is 6.07 Å². The molecule has 1 aliphatic carbocycles. The van der Waals surface area contributed by atoms with Crippen LogP contribution in [0.4, 0.5) is 0 Å². The van der Waals surface area contributed by atoms with Gasteiger partial charge in [-0.05, 0) is 37.2 Å². The molecule has 0 amide bonds. The lowest BCUT2D eigenvalue weighted by molar-refractivity contribution is 0.199. The van der Waals surface area contributed by atoms with Crippen LogP contribution in [0.5, 0.6) is 0 Å². The largest absolute Gasteiger partial charge is 0.384 e. The summed E-state index contributed by atoms with van der Waals surface area (Å²) < 4.78 is 6.94. The minimum Gasteiger partial charge on any atom is -0.384 e. The number of unbranched alkanes of at least 4 members (excludes halogenated alkanes) is 1. The highest BCUT2D eigenvalue weighted by atomic mass is 32.1. The van der Waals surface area contributed by atoms with Gasteiger partial charge in [-0.15, -0.1) is 11.3 Å². The van der Waals surface area contributed by atoms with E-state index in [1.54, 1.807) is 23.0 Å². The SMILES string of the molecule is COCCc1nc2sc3c(c2c(=O)n1CCCC#N)CCC(C)C3. The predicted molar refractivity (Wildman–Crippen MR) is 95.5 cm³/mol. The van der Waals surface area contributed by atoms with Crippen LogP contribution in [0, 0.1) is 17.2 Å². The molecule has 3 rings (SSSR count). The molecule has 0 spiro atoms. The van der Waals surface area contributed by atoms with Gasteiger partial charge in [0.05, 0.1) is 18.1 Å². The second-order valence-electron chi connectivity index (χ2n) is 6.52. The van der Waals surface area contributed by atoms with Crippen LogP contribution in [-0.2, 0) is 30.5 Å². The van der Waals surface area contributed by atoms with Crippen LogP contribution in [0.15, 0.2) is 4.79 Å². The summed E-state index contributed by atoms with van der Waals surface area (Å²) in [4.78, 5) is 20.1. The molecule has 0 N–H and O–H groups in total. The van der Waals surface area contributed by atoms with E-state index in [0.29, 0.717) is 38.3 Å². The molecule has 1 aliphatic rings. The van der Waals surface area contributed by atoms with Crippen LogP contribution in [0.1, 0.15) is 42.5 Å². The maximum Gasteiger partial charge on any atom is 0.262 e. The first-order valence-electron chi connectivity index (χ1n) is 8.55. The van der Waals surface area contributed by atoms with Gasteiger partial charge in [0.2, 0.25) is 0 Å². The number of hydrogen-bond acceptors (Lipinski definition) is 5. The van der Waals surface area contributed by atoms with Gasteiger partial charge in [0.15, 0.2) is 0 Å². The predicted octanol–water partition coefficient (Wildman–Crippen LogP) is 3.08. The minimum atomic E-state index is 0.0658. The molecule has 6 heteroatoms. The topological polar surface area (TPSA) is 67.9 Å². The van der Waals surface area contributed by atoms with Gasteiger partial charge in [-0.1, -0.05) is 6.92 Å². The molecule has 2 aromatic rings. The maximum absolute atomic E-state index is 13.1. The number of methoxy groups -OCH3 is 1. The van der Waals surface area contributed by atoms with E-state index in [-0.39, 0.29) is 5.56 Å². The number of aryl methyl sites for hydroxylation is 1. The molecular weight excluding hydrogens is 322 g/mol. The third-order valence-electron chi connectivity index (χ3n) is 4.69. The minimum absolute atomic E-state index is 0.0658. The average molecular weight is 345 g/mol. The van der Waals surface area contributed by atoms with Crippen LogP contribution >= 0.6 is 11.3 Å². The average Bonchev–Trinajstić information content (AvgIpc) is 2.92. The van der Waals surface area contributed by atoms with Crippen LogP contribution in [0.3, 0.4) is 0 Å². The number of fused-ring (bicyclic) bond motifs is 3. The molecule has 0 radical (unpaired) electrons. The van der Waals surface area contributed by atoms with Crippen molar-refractivity contribution in [1.82, 2.24) is 9.55 Å². The number of nitriles is 1. The lowest BCUT2D eigenvalue weighted by Crippen LogP contribution is -2.26. The van der Waals surface area contributed by atoms with Gasteiger partial charge < -0.3 is 4.74 Å². The van der Waals surface area contributed by atoms with Crippen molar-refractivity contribution < 1.29 is 4.74 Å². The quantitative estimate of drug-likeness (QED) is 0.755. The second kappa shape index (κ2) is 7.45. The van der Waals surface area contributed by atoms with Gasteiger partial charge >= 0.3 is 0 Å². The Morgan fingerprint density at radius 1 is 1.50 bits per heavy atom. The van der Waals surface area contributed by atoms with Crippen molar-refractivity contribution in [3.63, 3.8) is 0 Å². The first-order chi connectivity index (χ1) is 11.7. The van der Waals surface area contributed by atoms with E-state index in [0.717, 1.165) is 35.3 Å². The Hall–Kier alpha value is -1.71. The van der Waals surface area contributed by atoms with Crippen molar-refractivity contribution in [2.45, 2.75) is 52.0 Å². The van der Waals surface area contributed by atoms with Gasteiger partial charge in [0.1, 0.15) is 10.7 Å². The molecule has 1 atom stereocenters. The molecule has 0 saturated carbocycles. The molecule has 0 aromatic carbocycles. The fraction of sp³-hybridized carbons (Fsp3) is 0.611. The van der Waals surface area contributed by atoms with Gasteiger partial charge in [0, 0.05) is 31.4 Å². The van der Waals surface area contributed by atoms with Crippen molar-refractivity contribution in [3.05, 3.63) is 26.6 Å². The molecule has 24 heavy (non-hydrogen) atoms. The molecule has 0 fully saturated rings. The van der Waals surface area contributed by atoms with Crippen LogP contribution < -0.4 is 5.56 Å². The zero-order chi connectivity index (χ0) is 17.1. The zero-order valence-electron chi connectivity index (χ0n) is 14.3. The molecule has 2 aromatic heterocycles. The monoisotopic (exact) mass is 345 g/mol. The molecule has 0 saturated heterocycles. The van der Waals surface area contributed by atoms with Crippen molar-refractivity contribution in [1.29, 1.82) is 5.26 Å². The smallest absolute Gasteiger partial charge is 0.262 e. The third kappa shape index (κ3) is 3.24. The van der Waals surface area contributed by atoms with E-state index in [1.807, 2.05) is 0 Å². The molecular formula is C18H23N3O2S. The standard InChI is InChI=1S/C18H23N3O2S/c1-12-5-6-13-14(11-12)24-17-16(13)18(22)21(9-4-3-8-19)15(20-17)7-10-23-2/h12H,3-7,9-11H2,1-2H3. The summed E-state index contributed by atoms with van der Waals surface area (Å²) in [5, 5.41) is 9.59. The molecule has 0 bridgehead atoms. The first kappa shape index (κ1) is 17.1. The van der Waals surface area contributed by atoms with Crippen molar-refractivity contribution in [2.24, 2.45) is 5.92 Å². The maximum atomic E-state index is 13.1.